The zero-order chi connectivity index (χ0) is 13.0. The predicted octanol–water partition coefficient (Wildman–Crippen LogP) is 2.31. The fourth-order valence-electron chi connectivity index (χ4n) is 2.85. The average Bonchev–Trinajstić information content (AvgIpc) is 2.85. The summed E-state index contributed by atoms with van der Waals surface area (Å²) in [7, 11) is 0. The van der Waals surface area contributed by atoms with E-state index in [1.807, 2.05) is 16.8 Å². The molecule has 0 saturated heterocycles. The van der Waals surface area contributed by atoms with Gasteiger partial charge in [0.2, 0.25) is 5.91 Å². The molecule has 0 spiro atoms. The van der Waals surface area contributed by atoms with Gasteiger partial charge in [-0.3, -0.25) is 4.79 Å². The maximum atomic E-state index is 12.1. The van der Waals surface area contributed by atoms with Crippen LogP contribution in [0.25, 0.3) is 0 Å². The Kier molecular flexibility index (Phi) is 4.40. The highest BCUT2D eigenvalue weighted by Gasteiger charge is 2.38. The Bertz CT molecular complexity index is 391. The standard InChI is InChI=1S/C14H22N2OS/c1-11-4-2-3-6-14(11,10-15)16-13(17)8-12-5-7-18-9-12/h5,7,9,11H,2-4,6,8,10,15H2,1H3,(H,16,17). The van der Waals surface area contributed by atoms with Crippen LogP contribution < -0.4 is 11.1 Å². The molecular formula is C14H22N2OS. The van der Waals surface area contributed by atoms with Crippen molar-refractivity contribution in [3.8, 4) is 0 Å². The molecule has 18 heavy (non-hydrogen) atoms. The lowest BCUT2D eigenvalue weighted by atomic mass is 9.73. The van der Waals surface area contributed by atoms with Crippen LogP contribution >= 0.6 is 11.3 Å². The lowest BCUT2D eigenvalue weighted by Gasteiger charge is -2.42. The van der Waals surface area contributed by atoms with E-state index in [4.69, 9.17) is 5.73 Å². The van der Waals surface area contributed by atoms with Crippen molar-refractivity contribution < 1.29 is 4.79 Å². The first-order chi connectivity index (χ1) is 8.66. The second kappa shape index (κ2) is 5.85. The van der Waals surface area contributed by atoms with Gasteiger partial charge in [0, 0.05) is 6.54 Å². The van der Waals surface area contributed by atoms with Crippen molar-refractivity contribution in [3.05, 3.63) is 22.4 Å². The number of thiophene rings is 1. The number of amides is 1. The third-order valence-electron chi connectivity index (χ3n) is 4.15. The summed E-state index contributed by atoms with van der Waals surface area (Å²) in [6, 6.07) is 2.00. The number of nitrogens with two attached hydrogens (primary N) is 1. The minimum absolute atomic E-state index is 0.104. The van der Waals surface area contributed by atoms with Crippen molar-refractivity contribution in [1.29, 1.82) is 0 Å². The smallest absolute Gasteiger partial charge is 0.224 e. The van der Waals surface area contributed by atoms with Crippen molar-refractivity contribution in [2.75, 3.05) is 6.54 Å². The van der Waals surface area contributed by atoms with Crippen LogP contribution in [0.4, 0.5) is 0 Å². The van der Waals surface area contributed by atoms with Crippen LogP contribution in [0.3, 0.4) is 0 Å². The van der Waals surface area contributed by atoms with E-state index in [1.165, 1.54) is 12.8 Å². The largest absolute Gasteiger partial charge is 0.349 e. The van der Waals surface area contributed by atoms with Gasteiger partial charge in [-0.15, -0.1) is 0 Å². The molecule has 3 nitrogen and oxygen atoms in total. The molecule has 1 saturated carbocycles. The second-order valence-corrected chi connectivity index (χ2v) is 6.14. The molecule has 0 aliphatic heterocycles. The van der Waals surface area contributed by atoms with E-state index >= 15 is 0 Å². The Morgan fingerprint density at radius 3 is 3.06 bits per heavy atom. The normalized spacial score (nSPS) is 28.0. The first-order valence-corrected chi connectivity index (χ1v) is 7.63. The van der Waals surface area contributed by atoms with Gasteiger partial charge in [-0.05, 0) is 41.1 Å². The Labute approximate surface area is 113 Å². The van der Waals surface area contributed by atoms with Gasteiger partial charge in [-0.2, -0.15) is 11.3 Å². The van der Waals surface area contributed by atoms with E-state index in [9.17, 15) is 4.79 Å². The number of carbonyl (C=O) groups excluding carboxylic acids is 1. The molecule has 1 heterocycles. The summed E-state index contributed by atoms with van der Waals surface area (Å²) in [5.74, 6) is 0.579. The Hall–Kier alpha value is -0.870. The molecule has 2 atom stereocenters. The maximum Gasteiger partial charge on any atom is 0.224 e. The van der Waals surface area contributed by atoms with E-state index in [0.29, 0.717) is 18.9 Å². The van der Waals surface area contributed by atoms with Gasteiger partial charge in [0.25, 0.3) is 0 Å². The zero-order valence-corrected chi connectivity index (χ0v) is 11.8. The molecule has 1 fully saturated rings. The highest BCUT2D eigenvalue weighted by molar-refractivity contribution is 7.07. The fourth-order valence-corrected chi connectivity index (χ4v) is 3.52. The molecule has 1 aromatic rings. The molecule has 3 N–H and O–H groups in total. The number of hydrogen-bond acceptors (Lipinski definition) is 3. The molecule has 2 rings (SSSR count). The van der Waals surface area contributed by atoms with Crippen LogP contribution in [0.2, 0.25) is 0 Å². The quantitative estimate of drug-likeness (QED) is 0.878. The molecular weight excluding hydrogens is 244 g/mol. The molecule has 100 valence electrons. The highest BCUT2D eigenvalue weighted by atomic mass is 32.1. The minimum Gasteiger partial charge on any atom is -0.349 e. The third-order valence-corrected chi connectivity index (χ3v) is 4.88. The first kappa shape index (κ1) is 13.6. The van der Waals surface area contributed by atoms with Gasteiger partial charge < -0.3 is 11.1 Å². The lowest BCUT2D eigenvalue weighted by molar-refractivity contribution is -0.123. The van der Waals surface area contributed by atoms with E-state index in [2.05, 4.69) is 12.2 Å². The molecule has 2 unspecified atom stereocenters. The summed E-state index contributed by atoms with van der Waals surface area (Å²) >= 11 is 1.63. The van der Waals surface area contributed by atoms with Gasteiger partial charge in [-0.25, -0.2) is 0 Å². The van der Waals surface area contributed by atoms with Gasteiger partial charge >= 0.3 is 0 Å². The maximum absolute atomic E-state index is 12.1. The summed E-state index contributed by atoms with van der Waals surface area (Å²) in [6.45, 7) is 2.75. The van der Waals surface area contributed by atoms with Crippen LogP contribution in [-0.2, 0) is 11.2 Å². The van der Waals surface area contributed by atoms with E-state index in [0.717, 1.165) is 18.4 Å². The summed E-state index contributed by atoms with van der Waals surface area (Å²) < 4.78 is 0. The van der Waals surface area contributed by atoms with Crippen LogP contribution in [0, 0.1) is 5.92 Å². The number of hydrogen-bond donors (Lipinski definition) is 2. The van der Waals surface area contributed by atoms with Gasteiger partial charge in [0.15, 0.2) is 0 Å². The molecule has 0 radical (unpaired) electrons. The molecule has 1 aliphatic carbocycles. The predicted molar refractivity (Wildman–Crippen MR) is 75.6 cm³/mol. The van der Waals surface area contributed by atoms with Crippen molar-refractivity contribution >= 4 is 17.2 Å². The zero-order valence-electron chi connectivity index (χ0n) is 10.9. The van der Waals surface area contributed by atoms with E-state index in [-0.39, 0.29) is 11.4 Å². The molecule has 1 aliphatic rings. The monoisotopic (exact) mass is 266 g/mol. The van der Waals surface area contributed by atoms with Crippen LogP contribution in [0.1, 0.15) is 38.2 Å². The number of rotatable bonds is 4. The van der Waals surface area contributed by atoms with Crippen molar-refractivity contribution in [3.63, 3.8) is 0 Å². The number of carbonyl (C=O) groups is 1. The number of nitrogens with one attached hydrogen (secondary N) is 1. The van der Waals surface area contributed by atoms with Crippen LogP contribution in [-0.4, -0.2) is 18.0 Å². The topological polar surface area (TPSA) is 55.1 Å². The first-order valence-electron chi connectivity index (χ1n) is 6.68. The molecule has 0 bridgehead atoms. The van der Waals surface area contributed by atoms with Gasteiger partial charge in [-0.1, -0.05) is 19.8 Å². The van der Waals surface area contributed by atoms with Crippen molar-refractivity contribution in [1.82, 2.24) is 5.32 Å². The Morgan fingerprint density at radius 1 is 1.61 bits per heavy atom. The summed E-state index contributed by atoms with van der Waals surface area (Å²) in [4.78, 5) is 12.1. The lowest BCUT2D eigenvalue weighted by Crippen LogP contribution is -2.59. The fraction of sp³-hybridized carbons (Fsp3) is 0.643. The Balaban J connectivity index is 1.99. The van der Waals surface area contributed by atoms with Crippen molar-refractivity contribution in [2.45, 2.75) is 44.6 Å². The molecule has 1 amide bonds. The average molecular weight is 266 g/mol. The summed E-state index contributed by atoms with van der Waals surface area (Å²) in [5.41, 5.74) is 6.85. The van der Waals surface area contributed by atoms with Crippen LogP contribution in [0.5, 0.6) is 0 Å². The summed E-state index contributed by atoms with van der Waals surface area (Å²) in [6.07, 6.45) is 5.07. The summed E-state index contributed by atoms with van der Waals surface area (Å²) in [5, 5.41) is 7.24. The second-order valence-electron chi connectivity index (χ2n) is 5.36. The van der Waals surface area contributed by atoms with Crippen LogP contribution in [0.15, 0.2) is 16.8 Å². The van der Waals surface area contributed by atoms with Crippen molar-refractivity contribution in [2.24, 2.45) is 11.7 Å². The molecule has 4 heteroatoms. The molecule has 0 aromatic carbocycles. The van der Waals surface area contributed by atoms with E-state index in [1.54, 1.807) is 11.3 Å². The SMILES string of the molecule is CC1CCCCC1(CN)NC(=O)Cc1ccsc1. The molecule has 1 aromatic heterocycles. The van der Waals surface area contributed by atoms with Gasteiger partial charge in [0.05, 0.1) is 12.0 Å². The van der Waals surface area contributed by atoms with Gasteiger partial charge in [0.1, 0.15) is 0 Å². The Morgan fingerprint density at radius 2 is 2.44 bits per heavy atom. The highest BCUT2D eigenvalue weighted by Crippen LogP contribution is 2.32. The third kappa shape index (κ3) is 2.93. The van der Waals surface area contributed by atoms with E-state index < -0.39 is 0 Å². The minimum atomic E-state index is -0.175.